The van der Waals surface area contributed by atoms with Crippen LogP contribution < -0.4 is 5.73 Å². The van der Waals surface area contributed by atoms with Gasteiger partial charge in [0.05, 0.1) is 5.69 Å². The van der Waals surface area contributed by atoms with Crippen LogP contribution in [-0.2, 0) is 10.1 Å². The fraction of sp³-hybridized carbons (Fsp3) is 0.143. The van der Waals surface area contributed by atoms with Crippen LogP contribution in [0.5, 0.6) is 0 Å². The van der Waals surface area contributed by atoms with E-state index in [1.54, 1.807) is 0 Å². The van der Waals surface area contributed by atoms with E-state index in [4.69, 9.17) is 10.3 Å². The molecule has 0 fully saturated rings. The van der Waals surface area contributed by atoms with Gasteiger partial charge in [-0.2, -0.15) is 8.42 Å². The maximum Gasteiger partial charge on any atom is 0.296 e. The van der Waals surface area contributed by atoms with Crippen molar-refractivity contribution in [3.8, 4) is 0 Å². The van der Waals surface area contributed by atoms with Crippen molar-refractivity contribution in [3.63, 3.8) is 0 Å². The standard InChI is InChI=1S/C7H8FNO3S/c1-4-2-7(13(10,11)12)6(9)3-5(4)8/h2-3H,9H2,1H3,(H,10,11,12). The minimum atomic E-state index is -4.36. The van der Waals surface area contributed by atoms with Crippen LogP contribution in [-0.4, -0.2) is 13.0 Å². The molecule has 0 spiro atoms. The van der Waals surface area contributed by atoms with Crippen LogP contribution in [0.3, 0.4) is 0 Å². The molecule has 0 saturated heterocycles. The summed E-state index contributed by atoms with van der Waals surface area (Å²) in [5.41, 5.74) is 5.01. The van der Waals surface area contributed by atoms with E-state index in [0.717, 1.165) is 12.1 Å². The lowest BCUT2D eigenvalue weighted by Crippen LogP contribution is -2.04. The Balaban J connectivity index is 3.50. The average Bonchev–Trinajstić information content (AvgIpc) is 1.94. The Hall–Kier alpha value is -1.14. The maximum absolute atomic E-state index is 12.8. The first-order valence-corrected chi connectivity index (χ1v) is 4.79. The van der Waals surface area contributed by atoms with Crippen molar-refractivity contribution in [2.45, 2.75) is 11.8 Å². The van der Waals surface area contributed by atoms with Gasteiger partial charge in [-0.15, -0.1) is 0 Å². The molecule has 1 rings (SSSR count). The lowest BCUT2D eigenvalue weighted by atomic mass is 10.2. The fourth-order valence-corrected chi connectivity index (χ4v) is 1.58. The van der Waals surface area contributed by atoms with E-state index < -0.39 is 20.8 Å². The number of rotatable bonds is 1. The van der Waals surface area contributed by atoms with Gasteiger partial charge in [0.25, 0.3) is 10.1 Å². The van der Waals surface area contributed by atoms with E-state index in [9.17, 15) is 12.8 Å². The molecule has 0 amide bonds. The van der Waals surface area contributed by atoms with E-state index in [2.05, 4.69) is 0 Å². The Bertz CT molecular complexity index is 441. The van der Waals surface area contributed by atoms with Crippen LogP contribution in [0.25, 0.3) is 0 Å². The minimum Gasteiger partial charge on any atom is -0.398 e. The summed E-state index contributed by atoms with van der Waals surface area (Å²) in [5.74, 6) is -0.607. The van der Waals surface area contributed by atoms with Crippen LogP contribution >= 0.6 is 0 Å². The van der Waals surface area contributed by atoms with Crippen molar-refractivity contribution in [3.05, 3.63) is 23.5 Å². The van der Waals surface area contributed by atoms with Gasteiger partial charge in [0.2, 0.25) is 0 Å². The highest BCUT2D eigenvalue weighted by molar-refractivity contribution is 7.86. The first kappa shape index (κ1) is 9.94. The zero-order chi connectivity index (χ0) is 10.2. The Morgan fingerprint density at radius 3 is 2.46 bits per heavy atom. The van der Waals surface area contributed by atoms with E-state index in [1.807, 2.05) is 0 Å². The summed E-state index contributed by atoms with van der Waals surface area (Å²) < 4.78 is 42.8. The molecule has 1 aromatic rings. The van der Waals surface area contributed by atoms with Gasteiger partial charge in [0, 0.05) is 0 Å². The van der Waals surface area contributed by atoms with Crippen LogP contribution in [0.2, 0.25) is 0 Å². The molecule has 0 atom stereocenters. The highest BCUT2D eigenvalue weighted by atomic mass is 32.2. The first-order valence-electron chi connectivity index (χ1n) is 3.35. The van der Waals surface area contributed by atoms with Gasteiger partial charge in [-0.1, -0.05) is 0 Å². The smallest absolute Gasteiger partial charge is 0.296 e. The lowest BCUT2D eigenvalue weighted by molar-refractivity contribution is 0.483. The molecule has 0 aromatic heterocycles. The van der Waals surface area contributed by atoms with Crippen molar-refractivity contribution in [1.82, 2.24) is 0 Å². The Morgan fingerprint density at radius 2 is 2.00 bits per heavy atom. The number of benzene rings is 1. The molecule has 0 aliphatic heterocycles. The third-order valence-corrected chi connectivity index (χ3v) is 2.48. The van der Waals surface area contributed by atoms with E-state index in [1.165, 1.54) is 6.92 Å². The molecule has 0 saturated carbocycles. The summed E-state index contributed by atoms with van der Waals surface area (Å²) >= 11 is 0. The summed E-state index contributed by atoms with van der Waals surface area (Å²) in [4.78, 5) is -0.466. The highest BCUT2D eigenvalue weighted by Gasteiger charge is 2.15. The zero-order valence-corrected chi connectivity index (χ0v) is 7.60. The Morgan fingerprint density at radius 1 is 1.46 bits per heavy atom. The lowest BCUT2D eigenvalue weighted by Gasteiger charge is -2.04. The van der Waals surface area contributed by atoms with E-state index in [0.29, 0.717) is 0 Å². The van der Waals surface area contributed by atoms with Crippen molar-refractivity contribution in [2.24, 2.45) is 0 Å². The molecule has 3 N–H and O–H groups in total. The van der Waals surface area contributed by atoms with Gasteiger partial charge in [0.1, 0.15) is 10.7 Å². The van der Waals surface area contributed by atoms with E-state index >= 15 is 0 Å². The van der Waals surface area contributed by atoms with Crippen molar-refractivity contribution in [2.75, 3.05) is 5.73 Å². The van der Waals surface area contributed by atoms with Crippen LogP contribution in [0.1, 0.15) is 5.56 Å². The quantitative estimate of drug-likeness (QED) is 0.528. The number of nitrogens with two attached hydrogens (primary N) is 1. The van der Waals surface area contributed by atoms with Gasteiger partial charge < -0.3 is 5.73 Å². The van der Waals surface area contributed by atoms with Crippen molar-refractivity contribution in [1.29, 1.82) is 0 Å². The third kappa shape index (κ3) is 1.96. The number of hydrogen-bond acceptors (Lipinski definition) is 3. The second-order valence-electron chi connectivity index (χ2n) is 2.61. The number of hydrogen-bond donors (Lipinski definition) is 2. The third-order valence-electron chi connectivity index (χ3n) is 1.57. The van der Waals surface area contributed by atoms with Gasteiger partial charge in [-0.3, -0.25) is 4.55 Å². The summed E-state index contributed by atoms with van der Waals surface area (Å²) in [5, 5.41) is 0. The van der Waals surface area contributed by atoms with E-state index in [-0.39, 0.29) is 11.3 Å². The summed E-state index contributed by atoms with van der Waals surface area (Å²) in [6.07, 6.45) is 0. The summed E-state index contributed by atoms with van der Waals surface area (Å²) in [6, 6.07) is 1.85. The van der Waals surface area contributed by atoms with Crippen LogP contribution in [0.4, 0.5) is 10.1 Å². The number of nitrogen functional groups attached to an aromatic ring is 1. The maximum atomic E-state index is 12.8. The highest BCUT2D eigenvalue weighted by Crippen LogP contribution is 2.21. The molecular weight excluding hydrogens is 197 g/mol. The second-order valence-corrected chi connectivity index (χ2v) is 4.00. The normalized spacial score (nSPS) is 11.6. The molecule has 0 heterocycles. The number of anilines is 1. The molecule has 0 radical (unpaired) electrons. The average molecular weight is 205 g/mol. The zero-order valence-electron chi connectivity index (χ0n) is 6.78. The topological polar surface area (TPSA) is 80.4 Å². The number of aryl methyl sites for hydroxylation is 1. The van der Waals surface area contributed by atoms with Gasteiger partial charge in [-0.25, -0.2) is 4.39 Å². The monoisotopic (exact) mass is 205 g/mol. The molecule has 6 heteroatoms. The molecule has 0 aliphatic carbocycles. The van der Waals surface area contributed by atoms with Crippen LogP contribution in [0, 0.1) is 12.7 Å². The molecule has 13 heavy (non-hydrogen) atoms. The summed E-state index contributed by atoms with van der Waals surface area (Å²) in [6.45, 7) is 1.38. The van der Waals surface area contributed by atoms with Gasteiger partial charge in [0.15, 0.2) is 0 Å². The van der Waals surface area contributed by atoms with Crippen molar-refractivity contribution < 1.29 is 17.4 Å². The Labute approximate surface area is 74.9 Å². The van der Waals surface area contributed by atoms with Gasteiger partial charge >= 0.3 is 0 Å². The minimum absolute atomic E-state index is 0.113. The largest absolute Gasteiger partial charge is 0.398 e. The predicted octanol–water partition coefficient (Wildman–Crippen LogP) is 0.963. The van der Waals surface area contributed by atoms with Crippen LogP contribution in [0.15, 0.2) is 17.0 Å². The molecule has 72 valence electrons. The van der Waals surface area contributed by atoms with Gasteiger partial charge in [-0.05, 0) is 24.6 Å². The number of halogens is 1. The fourth-order valence-electron chi connectivity index (χ4n) is 0.894. The molecule has 1 aromatic carbocycles. The molecular formula is C7H8FNO3S. The van der Waals surface area contributed by atoms with Crippen molar-refractivity contribution >= 4 is 15.8 Å². The molecule has 0 bridgehead atoms. The first-order chi connectivity index (χ1) is 5.82. The molecule has 0 aliphatic rings. The summed E-state index contributed by atoms with van der Waals surface area (Å²) in [7, 11) is -4.36. The Kier molecular flexibility index (Phi) is 2.27. The SMILES string of the molecule is Cc1cc(S(=O)(=O)O)c(N)cc1F. The molecule has 0 unspecified atom stereocenters. The second kappa shape index (κ2) is 2.97. The molecule has 4 nitrogen and oxygen atoms in total. The predicted molar refractivity (Wildman–Crippen MR) is 45.4 cm³/mol.